The highest BCUT2D eigenvalue weighted by Gasteiger charge is 2.20. The second-order valence-electron chi connectivity index (χ2n) is 3.64. The van der Waals surface area contributed by atoms with Gasteiger partial charge >= 0.3 is 0 Å². The molecule has 2 nitrogen and oxygen atoms in total. The number of ketones is 1. The lowest BCUT2D eigenvalue weighted by Crippen LogP contribution is -2.36. The topological polar surface area (TPSA) is 43.1 Å². The number of nitrogens with two attached hydrogens (primary N) is 1. The standard InChI is InChI=1S/C12H17NO/c1-3-9(2)11(13)12(14)10-7-5-4-6-8-10/h4-9,11H,3,13H2,1-2H3/t9?,11-/m0/s1. The van der Waals surface area contributed by atoms with Crippen molar-refractivity contribution in [1.29, 1.82) is 0 Å². The number of Topliss-reactive ketones (excluding diaryl/α,β-unsaturated/α-hetero) is 1. The highest BCUT2D eigenvalue weighted by molar-refractivity contribution is 6.00. The van der Waals surface area contributed by atoms with Gasteiger partial charge in [0, 0.05) is 5.56 Å². The van der Waals surface area contributed by atoms with Gasteiger partial charge in [0.15, 0.2) is 5.78 Å². The number of benzene rings is 1. The molecule has 76 valence electrons. The Morgan fingerprint density at radius 1 is 1.36 bits per heavy atom. The fraction of sp³-hybridized carbons (Fsp3) is 0.417. The molecule has 2 heteroatoms. The largest absolute Gasteiger partial charge is 0.321 e. The van der Waals surface area contributed by atoms with Gasteiger partial charge in [-0.3, -0.25) is 4.79 Å². The van der Waals surface area contributed by atoms with E-state index in [1.165, 1.54) is 0 Å². The molecule has 0 heterocycles. The highest BCUT2D eigenvalue weighted by atomic mass is 16.1. The zero-order valence-corrected chi connectivity index (χ0v) is 8.73. The minimum Gasteiger partial charge on any atom is -0.321 e. The maximum Gasteiger partial charge on any atom is 0.179 e. The normalized spacial score (nSPS) is 14.8. The van der Waals surface area contributed by atoms with Crippen molar-refractivity contribution >= 4 is 5.78 Å². The second kappa shape index (κ2) is 4.91. The summed E-state index contributed by atoms with van der Waals surface area (Å²) >= 11 is 0. The molecule has 0 aliphatic heterocycles. The molecule has 0 aliphatic rings. The molecule has 0 amide bonds. The van der Waals surface area contributed by atoms with Gasteiger partial charge in [-0.25, -0.2) is 0 Å². The van der Waals surface area contributed by atoms with Crippen LogP contribution in [0.5, 0.6) is 0 Å². The molecule has 2 N–H and O–H groups in total. The van der Waals surface area contributed by atoms with Crippen LogP contribution in [-0.2, 0) is 0 Å². The summed E-state index contributed by atoms with van der Waals surface area (Å²) in [5.41, 5.74) is 6.56. The molecule has 0 saturated carbocycles. The molecule has 0 aromatic heterocycles. The lowest BCUT2D eigenvalue weighted by Gasteiger charge is -2.16. The van der Waals surface area contributed by atoms with E-state index in [2.05, 4.69) is 0 Å². The van der Waals surface area contributed by atoms with Crippen LogP contribution in [0.2, 0.25) is 0 Å². The summed E-state index contributed by atoms with van der Waals surface area (Å²) in [4.78, 5) is 11.8. The first kappa shape index (κ1) is 10.9. The van der Waals surface area contributed by atoms with Gasteiger partial charge in [-0.05, 0) is 5.92 Å². The van der Waals surface area contributed by atoms with Crippen LogP contribution in [0.3, 0.4) is 0 Å². The summed E-state index contributed by atoms with van der Waals surface area (Å²) in [6.45, 7) is 4.05. The van der Waals surface area contributed by atoms with Gasteiger partial charge in [0.25, 0.3) is 0 Å². The SMILES string of the molecule is CCC(C)[C@H](N)C(=O)c1ccccc1. The number of rotatable bonds is 4. The zero-order chi connectivity index (χ0) is 10.6. The molecular formula is C12H17NO. The first-order valence-electron chi connectivity index (χ1n) is 5.01. The lowest BCUT2D eigenvalue weighted by molar-refractivity contribution is 0.0935. The first-order chi connectivity index (χ1) is 6.66. The number of hydrogen-bond donors (Lipinski definition) is 1. The summed E-state index contributed by atoms with van der Waals surface area (Å²) in [6.07, 6.45) is 0.930. The molecule has 0 spiro atoms. The predicted octanol–water partition coefficient (Wildman–Crippen LogP) is 2.24. The van der Waals surface area contributed by atoms with Crippen molar-refractivity contribution in [3.8, 4) is 0 Å². The van der Waals surface area contributed by atoms with E-state index in [-0.39, 0.29) is 17.7 Å². The third-order valence-electron chi connectivity index (χ3n) is 2.62. The third-order valence-corrected chi connectivity index (χ3v) is 2.62. The number of hydrogen-bond acceptors (Lipinski definition) is 2. The molecule has 0 bridgehead atoms. The van der Waals surface area contributed by atoms with Crippen LogP contribution < -0.4 is 5.73 Å². The quantitative estimate of drug-likeness (QED) is 0.742. The Labute approximate surface area is 85.1 Å². The lowest BCUT2D eigenvalue weighted by atomic mass is 9.93. The summed E-state index contributed by atoms with van der Waals surface area (Å²) < 4.78 is 0. The Balaban J connectivity index is 2.76. The van der Waals surface area contributed by atoms with Crippen molar-refractivity contribution in [2.45, 2.75) is 26.3 Å². The van der Waals surface area contributed by atoms with Crippen LogP contribution in [0.1, 0.15) is 30.6 Å². The van der Waals surface area contributed by atoms with Crippen LogP contribution in [-0.4, -0.2) is 11.8 Å². The van der Waals surface area contributed by atoms with Crippen molar-refractivity contribution in [3.05, 3.63) is 35.9 Å². The molecule has 1 aromatic carbocycles. The van der Waals surface area contributed by atoms with E-state index in [9.17, 15) is 4.79 Å². The summed E-state index contributed by atoms with van der Waals surface area (Å²) in [7, 11) is 0. The van der Waals surface area contributed by atoms with Crippen molar-refractivity contribution in [2.75, 3.05) is 0 Å². The van der Waals surface area contributed by atoms with Gasteiger partial charge in [0.2, 0.25) is 0 Å². The molecule has 0 saturated heterocycles. The van der Waals surface area contributed by atoms with Gasteiger partial charge in [-0.15, -0.1) is 0 Å². The maximum absolute atomic E-state index is 11.8. The van der Waals surface area contributed by atoms with E-state index in [1.54, 1.807) is 0 Å². The fourth-order valence-electron chi connectivity index (χ4n) is 1.31. The summed E-state index contributed by atoms with van der Waals surface area (Å²) in [6, 6.07) is 8.86. The van der Waals surface area contributed by atoms with Crippen molar-refractivity contribution in [1.82, 2.24) is 0 Å². The monoisotopic (exact) mass is 191 g/mol. The average Bonchev–Trinajstić information content (AvgIpc) is 2.27. The predicted molar refractivity (Wildman–Crippen MR) is 58.2 cm³/mol. The zero-order valence-electron chi connectivity index (χ0n) is 8.73. The van der Waals surface area contributed by atoms with Crippen molar-refractivity contribution in [3.63, 3.8) is 0 Å². The Morgan fingerprint density at radius 3 is 2.43 bits per heavy atom. The molecule has 1 rings (SSSR count). The minimum absolute atomic E-state index is 0.0416. The van der Waals surface area contributed by atoms with E-state index < -0.39 is 0 Å². The first-order valence-corrected chi connectivity index (χ1v) is 5.01. The maximum atomic E-state index is 11.8. The van der Waals surface area contributed by atoms with Crippen LogP contribution in [0.25, 0.3) is 0 Å². The van der Waals surface area contributed by atoms with E-state index in [0.29, 0.717) is 5.56 Å². The Hall–Kier alpha value is -1.15. The van der Waals surface area contributed by atoms with Gasteiger partial charge < -0.3 is 5.73 Å². The summed E-state index contributed by atoms with van der Waals surface area (Å²) in [5, 5.41) is 0. The highest BCUT2D eigenvalue weighted by Crippen LogP contribution is 2.11. The molecule has 0 aliphatic carbocycles. The molecule has 2 atom stereocenters. The van der Waals surface area contributed by atoms with Crippen LogP contribution in [0.4, 0.5) is 0 Å². The Morgan fingerprint density at radius 2 is 1.93 bits per heavy atom. The van der Waals surface area contributed by atoms with Gasteiger partial charge in [-0.2, -0.15) is 0 Å². The minimum atomic E-state index is -0.373. The molecular weight excluding hydrogens is 174 g/mol. The molecule has 1 unspecified atom stereocenters. The smallest absolute Gasteiger partial charge is 0.179 e. The third kappa shape index (κ3) is 2.42. The van der Waals surface area contributed by atoms with Gasteiger partial charge in [0.1, 0.15) is 0 Å². The molecule has 1 aromatic rings. The van der Waals surface area contributed by atoms with Crippen LogP contribution >= 0.6 is 0 Å². The number of carbonyl (C=O) groups excluding carboxylic acids is 1. The van der Waals surface area contributed by atoms with E-state index >= 15 is 0 Å². The van der Waals surface area contributed by atoms with E-state index in [1.807, 2.05) is 44.2 Å². The Bertz CT molecular complexity index is 294. The second-order valence-corrected chi connectivity index (χ2v) is 3.64. The average molecular weight is 191 g/mol. The van der Waals surface area contributed by atoms with Crippen LogP contribution in [0, 0.1) is 5.92 Å². The van der Waals surface area contributed by atoms with Crippen molar-refractivity contribution in [2.24, 2.45) is 11.7 Å². The molecule has 14 heavy (non-hydrogen) atoms. The number of carbonyl (C=O) groups is 1. The van der Waals surface area contributed by atoms with Crippen molar-refractivity contribution < 1.29 is 4.79 Å². The van der Waals surface area contributed by atoms with Gasteiger partial charge in [0.05, 0.1) is 6.04 Å². The summed E-state index contributed by atoms with van der Waals surface area (Å²) in [5.74, 6) is 0.280. The fourth-order valence-corrected chi connectivity index (χ4v) is 1.31. The molecule has 0 fully saturated rings. The van der Waals surface area contributed by atoms with E-state index in [0.717, 1.165) is 6.42 Å². The van der Waals surface area contributed by atoms with Crippen LogP contribution in [0.15, 0.2) is 30.3 Å². The van der Waals surface area contributed by atoms with E-state index in [4.69, 9.17) is 5.73 Å². The molecule has 0 radical (unpaired) electrons. The van der Waals surface area contributed by atoms with Gasteiger partial charge in [-0.1, -0.05) is 50.6 Å². The Kier molecular flexibility index (Phi) is 3.84.